The van der Waals surface area contributed by atoms with E-state index >= 15 is 0 Å². The quantitative estimate of drug-likeness (QED) is 0.771. The van der Waals surface area contributed by atoms with Gasteiger partial charge >= 0.3 is 5.97 Å². The van der Waals surface area contributed by atoms with E-state index < -0.39 is 11.8 Å². The highest BCUT2D eigenvalue weighted by atomic mass is 19.1. The molecule has 0 heterocycles. The molecule has 3 nitrogen and oxygen atoms in total. The van der Waals surface area contributed by atoms with Crippen LogP contribution in [-0.2, 0) is 4.74 Å². The third-order valence-electron chi connectivity index (χ3n) is 1.82. The van der Waals surface area contributed by atoms with Crippen LogP contribution in [-0.4, -0.2) is 24.8 Å². The van der Waals surface area contributed by atoms with Crippen molar-refractivity contribution < 1.29 is 19.0 Å². The molecule has 0 fully saturated rings. The van der Waals surface area contributed by atoms with Crippen LogP contribution >= 0.6 is 0 Å². The molecule has 0 atom stereocenters. The lowest BCUT2D eigenvalue weighted by atomic mass is 10.1. The number of ether oxygens (including phenoxy) is 1. The summed E-state index contributed by atoms with van der Waals surface area (Å²) >= 11 is 0. The van der Waals surface area contributed by atoms with Crippen molar-refractivity contribution in [2.45, 2.75) is 0 Å². The Balaban J connectivity index is 3.05. The largest absolute Gasteiger partial charge is 0.465 e. The van der Waals surface area contributed by atoms with Crippen LogP contribution in [0.15, 0.2) is 24.3 Å². The molecule has 4 heteroatoms. The van der Waals surface area contributed by atoms with E-state index in [1.165, 1.54) is 37.5 Å². The molecule has 0 aliphatic carbocycles. The van der Waals surface area contributed by atoms with Gasteiger partial charge in [-0.3, -0.25) is 0 Å². The lowest BCUT2D eigenvalue weighted by molar-refractivity contribution is 0.0600. The average Bonchev–Trinajstić information content (AvgIpc) is 2.27. The molecular formula is C11H11FO3. The Morgan fingerprint density at radius 2 is 2.33 bits per heavy atom. The van der Waals surface area contributed by atoms with Crippen molar-refractivity contribution in [2.75, 3.05) is 13.7 Å². The van der Waals surface area contributed by atoms with E-state index in [0.29, 0.717) is 0 Å². The Morgan fingerprint density at radius 3 is 2.93 bits per heavy atom. The molecular weight excluding hydrogens is 199 g/mol. The van der Waals surface area contributed by atoms with Gasteiger partial charge < -0.3 is 9.84 Å². The van der Waals surface area contributed by atoms with Crippen LogP contribution in [0.25, 0.3) is 6.08 Å². The van der Waals surface area contributed by atoms with Crippen LogP contribution in [0, 0.1) is 5.82 Å². The zero-order chi connectivity index (χ0) is 11.3. The molecule has 15 heavy (non-hydrogen) atoms. The van der Waals surface area contributed by atoms with Crippen LogP contribution in [0.4, 0.5) is 4.39 Å². The number of rotatable bonds is 3. The van der Waals surface area contributed by atoms with E-state index in [0.717, 1.165) is 0 Å². The Kier molecular flexibility index (Phi) is 4.00. The number of aliphatic hydroxyl groups excluding tert-OH is 1. The Labute approximate surface area is 86.8 Å². The molecule has 0 radical (unpaired) electrons. The third-order valence-corrected chi connectivity index (χ3v) is 1.82. The van der Waals surface area contributed by atoms with E-state index in [4.69, 9.17) is 5.11 Å². The molecule has 1 rings (SSSR count). The van der Waals surface area contributed by atoms with Gasteiger partial charge in [-0.1, -0.05) is 12.2 Å². The fraction of sp³-hybridized carbons (Fsp3) is 0.182. The number of hydrogen-bond acceptors (Lipinski definition) is 3. The molecule has 0 saturated carbocycles. The summed E-state index contributed by atoms with van der Waals surface area (Å²) in [5.41, 5.74) is 0.517. The lowest BCUT2D eigenvalue weighted by Crippen LogP contribution is -2.01. The summed E-state index contributed by atoms with van der Waals surface area (Å²) in [7, 11) is 1.26. The number of esters is 1. The third kappa shape index (κ3) is 2.89. The highest BCUT2D eigenvalue weighted by Crippen LogP contribution is 2.13. The molecule has 0 amide bonds. The van der Waals surface area contributed by atoms with Crippen molar-refractivity contribution in [3.63, 3.8) is 0 Å². The van der Waals surface area contributed by atoms with Crippen molar-refractivity contribution in [1.29, 1.82) is 0 Å². The first-order chi connectivity index (χ1) is 7.19. The summed E-state index contributed by atoms with van der Waals surface area (Å²) in [6.07, 6.45) is 2.79. The minimum absolute atomic E-state index is 0.179. The van der Waals surface area contributed by atoms with E-state index in [9.17, 15) is 9.18 Å². The number of aliphatic hydroxyl groups is 1. The van der Waals surface area contributed by atoms with Crippen molar-refractivity contribution in [3.8, 4) is 0 Å². The number of carbonyl (C=O) groups is 1. The minimum atomic E-state index is -0.520. The van der Waals surface area contributed by atoms with Crippen molar-refractivity contribution >= 4 is 12.0 Å². The van der Waals surface area contributed by atoms with Gasteiger partial charge in [0, 0.05) is 5.56 Å². The average molecular weight is 210 g/mol. The Bertz CT molecular complexity index is 385. The molecule has 1 N–H and O–H groups in total. The molecule has 0 bridgehead atoms. The molecule has 1 aromatic rings. The summed E-state index contributed by atoms with van der Waals surface area (Å²) in [5.74, 6) is -0.971. The molecule has 1 aromatic carbocycles. The van der Waals surface area contributed by atoms with E-state index in [1.807, 2.05) is 0 Å². The van der Waals surface area contributed by atoms with Gasteiger partial charge in [0.05, 0.1) is 19.3 Å². The molecule has 0 saturated heterocycles. The van der Waals surface area contributed by atoms with Gasteiger partial charge in [0.2, 0.25) is 0 Å². The molecule has 0 unspecified atom stereocenters. The molecule has 0 aromatic heterocycles. The van der Waals surface area contributed by atoms with Crippen molar-refractivity contribution in [1.82, 2.24) is 0 Å². The van der Waals surface area contributed by atoms with Crippen molar-refractivity contribution in [2.24, 2.45) is 0 Å². The highest BCUT2D eigenvalue weighted by molar-refractivity contribution is 5.90. The van der Waals surface area contributed by atoms with Gasteiger partial charge in [0.1, 0.15) is 5.82 Å². The minimum Gasteiger partial charge on any atom is -0.465 e. The van der Waals surface area contributed by atoms with Gasteiger partial charge in [0.25, 0.3) is 0 Å². The van der Waals surface area contributed by atoms with Gasteiger partial charge in [-0.2, -0.15) is 0 Å². The standard InChI is InChI=1S/C11H11FO3/c1-15-11(14)9-4-5-10(12)8(7-9)3-2-6-13/h2-5,7,13H,6H2,1H3. The normalized spacial score (nSPS) is 10.6. The molecule has 0 aliphatic heterocycles. The van der Waals surface area contributed by atoms with Crippen LogP contribution in [0.3, 0.4) is 0 Å². The maximum atomic E-state index is 13.2. The van der Waals surface area contributed by atoms with Crippen LogP contribution < -0.4 is 0 Å². The lowest BCUT2D eigenvalue weighted by Gasteiger charge is -2.01. The van der Waals surface area contributed by atoms with Gasteiger partial charge in [-0.05, 0) is 18.2 Å². The fourth-order valence-corrected chi connectivity index (χ4v) is 1.10. The predicted octanol–water partition coefficient (Wildman–Crippen LogP) is 1.62. The molecule has 0 spiro atoms. The number of halogens is 1. The maximum Gasteiger partial charge on any atom is 0.337 e. The molecule has 0 aliphatic rings. The van der Waals surface area contributed by atoms with Gasteiger partial charge in [-0.25, -0.2) is 9.18 Å². The number of benzene rings is 1. The fourth-order valence-electron chi connectivity index (χ4n) is 1.10. The first-order valence-electron chi connectivity index (χ1n) is 4.34. The SMILES string of the molecule is COC(=O)c1ccc(F)c(C=CCO)c1. The van der Waals surface area contributed by atoms with Crippen molar-refractivity contribution in [3.05, 3.63) is 41.2 Å². The zero-order valence-corrected chi connectivity index (χ0v) is 8.24. The second kappa shape index (κ2) is 5.26. The summed E-state index contributed by atoms with van der Waals surface area (Å²) in [5, 5.41) is 8.54. The van der Waals surface area contributed by atoms with Crippen LogP contribution in [0.5, 0.6) is 0 Å². The smallest absolute Gasteiger partial charge is 0.337 e. The summed E-state index contributed by atoms with van der Waals surface area (Å²) in [6, 6.07) is 3.90. The predicted molar refractivity (Wildman–Crippen MR) is 53.9 cm³/mol. The summed E-state index contributed by atoms with van der Waals surface area (Å²) < 4.78 is 17.7. The summed E-state index contributed by atoms with van der Waals surface area (Å²) in [6.45, 7) is -0.179. The van der Waals surface area contributed by atoms with Gasteiger partial charge in [0.15, 0.2) is 0 Å². The first kappa shape index (κ1) is 11.4. The summed E-state index contributed by atoms with van der Waals surface area (Å²) in [4.78, 5) is 11.1. The van der Waals surface area contributed by atoms with E-state index in [1.54, 1.807) is 0 Å². The zero-order valence-electron chi connectivity index (χ0n) is 8.24. The maximum absolute atomic E-state index is 13.2. The first-order valence-corrected chi connectivity index (χ1v) is 4.34. The second-order valence-corrected chi connectivity index (χ2v) is 2.81. The Morgan fingerprint density at radius 1 is 1.60 bits per heavy atom. The topological polar surface area (TPSA) is 46.5 Å². The van der Waals surface area contributed by atoms with Crippen LogP contribution in [0.2, 0.25) is 0 Å². The molecule has 80 valence electrons. The second-order valence-electron chi connectivity index (χ2n) is 2.81. The number of carbonyl (C=O) groups excluding carboxylic acids is 1. The monoisotopic (exact) mass is 210 g/mol. The van der Waals surface area contributed by atoms with Crippen LogP contribution in [0.1, 0.15) is 15.9 Å². The number of hydrogen-bond donors (Lipinski definition) is 1. The number of methoxy groups -OCH3 is 1. The van der Waals surface area contributed by atoms with Gasteiger partial charge in [-0.15, -0.1) is 0 Å². The van der Waals surface area contributed by atoms with E-state index in [2.05, 4.69) is 4.74 Å². The Hall–Kier alpha value is -1.68. The highest BCUT2D eigenvalue weighted by Gasteiger charge is 2.07. The van der Waals surface area contributed by atoms with E-state index in [-0.39, 0.29) is 17.7 Å².